The van der Waals surface area contributed by atoms with Crippen molar-refractivity contribution in [1.82, 2.24) is 0 Å². The summed E-state index contributed by atoms with van der Waals surface area (Å²) >= 11 is 0. The predicted octanol–water partition coefficient (Wildman–Crippen LogP) is 1.42. The van der Waals surface area contributed by atoms with E-state index in [0.717, 1.165) is 0 Å². The monoisotopic (exact) mass is 197 g/mol. The zero-order valence-corrected chi connectivity index (χ0v) is 8.08. The fraction of sp³-hybridized carbons (Fsp3) is 0.300. The summed E-state index contributed by atoms with van der Waals surface area (Å²) in [6.07, 6.45) is 0. The van der Waals surface area contributed by atoms with E-state index < -0.39 is 11.9 Å². The van der Waals surface area contributed by atoms with E-state index in [4.69, 9.17) is 10.5 Å². The Hall–Kier alpha value is -1.42. The number of halogens is 1. The maximum absolute atomic E-state index is 13.2. The standard InChI is InChI=1S/C10H12FNO2/c1-6(13)10(12)7-3-4-9(14-2)8(11)5-7/h3-5,10H,12H2,1-2H3. The van der Waals surface area contributed by atoms with Gasteiger partial charge in [-0.2, -0.15) is 0 Å². The zero-order valence-electron chi connectivity index (χ0n) is 8.08. The summed E-state index contributed by atoms with van der Waals surface area (Å²) in [7, 11) is 1.38. The van der Waals surface area contributed by atoms with Gasteiger partial charge < -0.3 is 10.5 Å². The molecule has 0 heterocycles. The van der Waals surface area contributed by atoms with Crippen LogP contribution in [0.3, 0.4) is 0 Å². The van der Waals surface area contributed by atoms with Gasteiger partial charge in [0.1, 0.15) is 0 Å². The second-order valence-electron chi connectivity index (χ2n) is 2.98. The number of carbonyl (C=O) groups is 1. The van der Waals surface area contributed by atoms with Crippen LogP contribution in [0.4, 0.5) is 4.39 Å². The Morgan fingerprint density at radius 2 is 2.21 bits per heavy atom. The molecule has 76 valence electrons. The first kappa shape index (κ1) is 10.7. The summed E-state index contributed by atoms with van der Waals surface area (Å²) in [6.45, 7) is 1.37. The minimum atomic E-state index is -0.768. The van der Waals surface area contributed by atoms with Crippen LogP contribution in [0.25, 0.3) is 0 Å². The Balaban J connectivity index is 3.02. The molecule has 14 heavy (non-hydrogen) atoms. The van der Waals surface area contributed by atoms with Crippen molar-refractivity contribution >= 4 is 5.78 Å². The van der Waals surface area contributed by atoms with E-state index in [9.17, 15) is 9.18 Å². The van der Waals surface area contributed by atoms with Crippen molar-refractivity contribution in [1.29, 1.82) is 0 Å². The van der Waals surface area contributed by atoms with Crippen LogP contribution in [0.1, 0.15) is 18.5 Å². The quantitative estimate of drug-likeness (QED) is 0.797. The summed E-state index contributed by atoms with van der Waals surface area (Å²) in [5.74, 6) is -0.569. The van der Waals surface area contributed by atoms with E-state index in [-0.39, 0.29) is 11.5 Å². The molecule has 0 saturated carbocycles. The molecule has 2 N–H and O–H groups in total. The van der Waals surface area contributed by atoms with Gasteiger partial charge in [0.2, 0.25) is 0 Å². The third-order valence-corrected chi connectivity index (χ3v) is 1.97. The number of rotatable bonds is 3. The van der Waals surface area contributed by atoms with Gasteiger partial charge in [-0.25, -0.2) is 4.39 Å². The summed E-state index contributed by atoms with van der Waals surface area (Å²) in [6, 6.07) is 3.47. The lowest BCUT2D eigenvalue weighted by Crippen LogP contribution is -2.18. The lowest BCUT2D eigenvalue weighted by atomic mass is 10.0. The molecule has 0 saturated heterocycles. The first-order valence-corrected chi connectivity index (χ1v) is 4.15. The van der Waals surface area contributed by atoms with E-state index in [2.05, 4.69) is 0 Å². The number of ether oxygens (including phenoxy) is 1. The van der Waals surface area contributed by atoms with E-state index in [1.165, 1.54) is 26.2 Å². The highest BCUT2D eigenvalue weighted by atomic mass is 19.1. The van der Waals surface area contributed by atoms with Crippen LogP contribution in [0.2, 0.25) is 0 Å². The molecular weight excluding hydrogens is 185 g/mol. The highest BCUT2D eigenvalue weighted by molar-refractivity contribution is 5.82. The number of hydrogen-bond donors (Lipinski definition) is 1. The first-order chi connectivity index (χ1) is 6.56. The molecule has 0 aliphatic carbocycles. The van der Waals surface area contributed by atoms with E-state index in [1.54, 1.807) is 6.07 Å². The Labute approximate surface area is 81.7 Å². The van der Waals surface area contributed by atoms with Crippen molar-refractivity contribution in [2.24, 2.45) is 5.73 Å². The molecule has 1 aromatic rings. The van der Waals surface area contributed by atoms with Gasteiger partial charge in [0, 0.05) is 0 Å². The molecule has 0 amide bonds. The third-order valence-electron chi connectivity index (χ3n) is 1.97. The first-order valence-electron chi connectivity index (χ1n) is 4.15. The number of carbonyl (C=O) groups excluding carboxylic acids is 1. The number of benzene rings is 1. The molecule has 1 aromatic carbocycles. The smallest absolute Gasteiger partial charge is 0.165 e. The molecule has 0 fully saturated rings. The normalized spacial score (nSPS) is 12.3. The lowest BCUT2D eigenvalue weighted by Gasteiger charge is -2.09. The minimum Gasteiger partial charge on any atom is -0.494 e. The van der Waals surface area contributed by atoms with Gasteiger partial charge in [-0.3, -0.25) is 4.79 Å². The van der Waals surface area contributed by atoms with Gasteiger partial charge in [0.05, 0.1) is 13.2 Å². The zero-order chi connectivity index (χ0) is 10.7. The van der Waals surface area contributed by atoms with Crippen molar-refractivity contribution in [2.45, 2.75) is 13.0 Å². The van der Waals surface area contributed by atoms with Crippen molar-refractivity contribution in [2.75, 3.05) is 7.11 Å². The third kappa shape index (κ3) is 2.09. The molecule has 3 nitrogen and oxygen atoms in total. The highest BCUT2D eigenvalue weighted by Gasteiger charge is 2.13. The molecular formula is C10H12FNO2. The molecule has 0 aliphatic rings. The van der Waals surface area contributed by atoms with Crippen LogP contribution >= 0.6 is 0 Å². The van der Waals surface area contributed by atoms with Gasteiger partial charge >= 0.3 is 0 Å². The molecule has 0 bridgehead atoms. The topological polar surface area (TPSA) is 52.3 Å². The predicted molar refractivity (Wildman–Crippen MR) is 50.6 cm³/mol. The maximum Gasteiger partial charge on any atom is 0.165 e. The maximum atomic E-state index is 13.2. The van der Waals surface area contributed by atoms with Gasteiger partial charge in [0.25, 0.3) is 0 Å². The van der Waals surface area contributed by atoms with Gasteiger partial charge in [-0.15, -0.1) is 0 Å². The van der Waals surface area contributed by atoms with E-state index >= 15 is 0 Å². The SMILES string of the molecule is COc1ccc(C(N)C(C)=O)cc1F. The lowest BCUT2D eigenvalue weighted by molar-refractivity contribution is -0.118. The number of methoxy groups -OCH3 is 1. The molecule has 0 aromatic heterocycles. The highest BCUT2D eigenvalue weighted by Crippen LogP contribution is 2.21. The van der Waals surface area contributed by atoms with Crippen molar-refractivity contribution in [3.8, 4) is 5.75 Å². The fourth-order valence-electron chi connectivity index (χ4n) is 1.11. The Kier molecular flexibility index (Phi) is 3.19. The van der Waals surface area contributed by atoms with Crippen molar-refractivity contribution in [3.63, 3.8) is 0 Å². The molecule has 1 atom stereocenters. The van der Waals surface area contributed by atoms with Crippen molar-refractivity contribution in [3.05, 3.63) is 29.6 Å². The minimum absolute atomic E-state index is 0.143. The van der Waals surface area contributed by atoms with Crippen LogP contribution in [0, 0.1) is 5.82 Å². The van der Waals surface area contributed by atoms with Gasteiger partial charge in [-0.05, 0) is 24.6 Å². The Morgan fingerprint density at radius 3 is 2.64 bits per heavy atom. The van der Waals surface area contributed by atoms with Crippen molar-refractivity contribution < 1.29 is 13.9 Å². The van der Waals surface area contributed by atoms with Crippen LogP contribution in [0.15, 0.2) is 18.2 Å². The summed E-state index contributed by atoms with van der Waals surface area (Å²) in [5.41, 5.74) is 6.00. The molecule has 1 rings (SSSR count). The second-order valence-corrected chi connectivity index (χ2v) is 2.98. The van der Waals surface area contributed by atoms with Crippen LogP contribution in [-0.2, 0) is 4.79 Å². The summed E-state index contributed by atoms with van der Waals surface area (Å²) < 4.78 is 17.9. The largest absolute Gasteiger partial charge is 0.494 e. The number of hydrogen-bond acceptors (Lipinski definition) is 3. The number of nitrogens with two attached hydrogens (primary N) is 1. The van der Waals surface area contributed by atoms with E-state index in [1.807, 2.05) is 0 Å². The molecule has 0 radical (unpaired) electrons. The fourth-order valence-corrected chi connectivity index (χ4v) is 1.11. The van der Waals surface area contributed by atoms with Gasteiger partial charge in [0.15, 0.2) is 17.3 Å². The second kappa shape index (κ2) is 4.19. The Bertz CT molecular complexity index is 352. The molecule has 1 unspecified atom stereocenters. The average Bonchev–Trinajstić information content (AvgIpc) is 2.16. The molecule has 4 heteroatoms. The van der Waals surface area contributed by atoms with E-state index in [0.29, 0.717) is 5.56 Å². The molecule has 0 spiro atoms. The van der Waals surface area contributed by atoms with Gasteiger partial charge in [-0.1, -0.05) is 6.07 Å². The number of ketones is 1. The van der Waals surface area contributed by atoms with Crippen LogP contribution in [-0.4, -0.2) is 12.9 Å². The Morgan fingerprint density at radius 1 is 1.57 bits per heavy atom. The van der Waals surface area contributed by atoms with Crippen LogP contribution < -0.4 is 10.5 Å². The average molecular weight is 197 g/mol. The summed E-state index contributed by atoms with van der Waals surface area (Å²) in [5, 5.41) is 0. The van der Waals surface area contributed by atoms with Crippen LogP contribution in [0.5, 0.6) is 5.75 Å². The number of Topliss-reactive ketones (excluding diaryl/α,β-unsaturated/α-hetero) is 1. The molecule has 0 aliphatic heterocycles. The summed E-state index contributed by atoms with van der Waals surface area (Å²) in [4.78, 5) is 10.9.